The minimum Gasteiger partial charge on any atom is -0.382 e. The number of rotatable bonds is 6. The van der Waals surface area contributed by atoms with Crippen LogP contribution in [0.25, 0.3) is 0 Å². The Bertz CT molecular complexity index is 452. The number of hydroxylamine groups is 1. The molecule has 0 aliphatic rings. The number of non-ortho nitro benzene ring substituents is 1. The van der Waals surface area contributed by atoms with Crippen molar-refractivity contribution < 1.29 is 23.7 Å². The summed E-state index contributed by atoms with van der Waals surface area (Å²) in [5, 5.41) is 10.4. The van der Waals surface area contributed by atoms with Crippen LogP contribution < -0.4 is 5.48 Å². The number of carbonyl (C=O) groups excluding carboxylic acids is 1. The Kier molecular flexibility index (Phi) is 5.15. The largest absolute Gasteiger partial charge is 0.382 e. The number of halogens is 1. The first-order valence-corrected chi connectivity index (χ1v) is 4.91. The third kappa shape index (κ3) is 3.75. The van der Waals surface area contributed by atoms with Crippen LogP contribution in [0.1, 0.15) is 10.4 Å². The Morgan fingerprint density at radius 2 is 2.22 bits per heavy atom. The normalized spacial score (nSPS) is 10.1. The van der Waals surface area contributed by atoms with E-state index in [9.17, 15) is 19.3 Å². The number of ether oxygens (including phenoxy) is 1. The van der Waals surface area contributed by atoms with Gasteiger partial charge in [0.2, 0.25) is 0 Å². The second kappa shape index (κ2) is 6.62. The van der Waals surface area contributed by atoms with Gasteiger partial charge in [-0.05, 0) is 6.07 Å². The molecular weight excluding hydrogens is 247 g/mol. The SMILES string of the molecule is COCCONC(=O)c1ccc([N+](=O)[O-])cc1F. The molecule has 0 spiro atoms. The summed E-state index contributed by atoms with van der Waals surface area (Å²) in [6, 6.07) is 2.72. The lowest BCUT2D eigenvalue weighted by Crippen LogP contribution is -2.26. The molecule has 0 saturated heterocycles. The fourth-order valence-corrected chi connectivity index (χ4v) is 1.10. The predicted molar refractivity (Wildman–Crippen MR) is 58.3 cm³/mol. The summed E-state index contributed by atoms with van der Waals surface area (Å²) in [6.07, 6.45) is 0. The average molecular weight is 258 g/mol. The van der Waals surface area contributed by atoms with Crippen molar-refractivity contribution in [3.8, 4) is 0 Å². The zero-order valence-corrected chi connectivity index (χ0v) is 9.51. The molecule has 0 bridgehead atoms. The van der Waals surface area contributed by atoms with Gasteiger partial charge in [-0.15, -0.1) is 0 Å². The lowest BCUT2D eigenvalue weighted by atomic mass is 10.2. The molecule has 1 rings (SSSR count). The number of carbonyl (C=O) groups is 1. The highest BCUT2D eigenvalue weighted by Crippen LogP contribution is 2.16. The van der Waals surface area contributed by atoms with Crippen LogP contribution >= 0.6 is 0 Å². The molecule has 0 aromatic heterocycles. The number of nitro groups is 1. The summed E-state index contributed by atoms with van der Waals surface area (Å²) in [4.78, 5) is 25.7. The van der Waals surface area contributed by atoms with Crippen LogP contribution in [0.4, 0.5) is 10.1 Å². The molecule has 18 heavy (non-hydrogen) atoms. The quantitative estimate of drug-likeness (QED) is 0.467. The Balaban J connectivity index is 2.66. The van der Waals surface area contributed by atoms with Gasteiger partial charge in [-0.3, -0.25) is 19.7 Å². The van der Waals surface area contributed by atoms with Crippen LogP contribution in [0.5, 0.6) is 0 Å². The van der Waals surface area contributed by atoms with E-state index in [1.165, 1.54) is 7.11 Å². The Morgan fingerprint density at radius 1 is 1.50 bits per heavy atom. The van der Waals surface area contributed by atoms with Crippen molar-refractivity contribution in [2.75, 3.05) is 20.3 Å². The Hall–Kier alpha value is -2.06. The number of amides is 1. The van der Waals surface area contributed by atoms with Crippen molar-refractivity contribution in [2.45, 2.75) is 0 Å². The van der Waals surface area contributed by atoms with Gasteiger partial charge in [-0.1, -0.05) is 0 Å². The maximum atomic E-state index is 13.4. The van der Waals surface area contributed by atoms with Gasteiger partial charge in [0.25, 0.3) is 11.6 Å². The van der Waals surface area contributed by atoms with Crippen molar-refractivity contribution in [1.29, 1.82) is 0 Å². The van der Waals surface area contributed by atoms with E-state index >= 15 is 0 Å². The van der Waals surface area contributed by atoms with Crippen molar-refractivity contribution >= 4 is 11.6 Å². The highest BCUT2D eigenvalue weighted by atomic mass is 19.1. The van der Waals surface area contributed by atoms with Gasteiger partial charge in [0.05, 0.1) is 29.8 Å². The fraction of sp³-hybridized carbons (Fsp3) is 0.300. The Morgan fingerprint density at radius 3 is 2.78 bits per heavy atom. The average Bonchev–Trinajstić information content (AvgIpc) is 2.34. The van der Waals surface area contributed by atoms with Crippen molar-refractivity contribution in [3.63, 3.8) is 0 Å². The third-order valence-corrected chi connectivity index (χ3v) is 1.96. The molecule has 0 unspecified atom stereocenters. The number of nitrogens with one attached hydrogen (secondary N) is 1. The molecule has 0 radical (unpaired) electrons. The highest BCUT2D eigenvalue weighted by Gasteiger charge is 2.16. The molecule has 0 fully saturated rings. The van der Waals surface area contributed by atoms with Gasteiger partial charge in [0.15, 0.2) is 0 Å². The van der Waals surface area contributed by atoms with Gasteiger partial charge < -0.3 is 4.74 Å². The minimum atomic E-state index is -0.989. The zero-order chi connectivity index (χ0) is 13.5. The second-order valence-corrected chi connectivity index (χ2v) is 3.19. The molecular formula is C10H11FN2O5. The first-order chi connectivity index (χ1) is 8.56. The second-order valence-electron chi connectivity index (χ2n) is 3.19. The van der Waals surface area contributed by atoms with Crippen LogP contribution in [-0.4, -0.2) is 31.2 Å². The number of hydrogen-bond acceptors (Lipinski definition) is 5. The molecule has 0 atom stereocenters. The number of benzene rings is 1. The molecule has 0 aliphatic heterocycles. The summed E-state index contributed by atoms with van der Waals surface area (Å²) < 4.78 is 18.1. The van der Waals surface area contributed by atoms with Crippen molar-refractivity contribution in [2.24, 2.45) is 0 Å². The first-order valence-electron chi connectivity index (χ1n) is 4.91. The number of methoxy groups -OCH3 is 1. The standard InChI is InChI=1S/C10H11FN2O5/c1-17-4-5-18-12-10(14)8-3-2-7(13(15)16)6-9(8)11/h2-3,6H,4-5H2,1H3,(H,12,14). The molecule has 0 aliphatic carbocycles. The molecule has 8 heteroatoms. The molecule has 1 amide bonds. The van der Waals surface area contributed by atoms with Crippen LogP contribution in [0.2, 0.25) is 0 Å². The Labute approximate surface area is 102 Å². The lowest BCUT2D eigenvalue weighted by Gasteiger charge is -2.05. The van der Waals surface area contributed by atoms with Gasteiger partial charge in [-0.2, -0.15) is 0 Å². The van der Waals surface area contributed by atoms with E-state index in [1.807, 2.05) is 5.48 Å². The van der Waals surface area contributed by atoms with Crippen molar-refractivity contribution in [3.05, 3.63) is 39.7 Å². The van der Waals surface area contributed by atoms with Gasteiger partial charge in [0.1, 0.15) is 5.82 Å². The molecule has 7 nitrogen and oxygen atoms in total. The van der Waals surface area contributed by atoms with E-state index in [1.54, 1.807) is 0 Å². The third-order valence-electron chi connectivity index (χ3n) is 1.96. The van der Waals surface area contributed by atoms with Crippen molar-refractivity contribution in [1.82, 2.24) is 5.48 Å². The lowest BCUT2D eigenvalue weighted by molar-refractivity contribution is -0.385. The predicted octanol–water partition coefficient (Wildman–Crippen LogP) is 1.04. The van der Waals surface area contributed by atoms with E-state index in [4.69, 9.17) is 4.84 Å². The summed E-state index contributed by atoms with van der Waals surface area (Å²) in [5.41, 5.74) is 1.23. The van der Waals surface area contributed by atoms with E-state index in [-0.39, 0.29) is 18.8 Å². The van der Waals surface area contributed by atoms with Crippen LogP contribution in [-0.2, 0) is 9.57 Å². The minimum absolute atomic E-state index is 0.108. The maximum absolute atomic E-state index is 13.4. The molecule has 0 saturated carbocycles. The highest BCUT2D eigenvalue weighted by molar-refractivity contribution is 5.93. The number of hydrogen-bond donors (Lipinski definition) is 1. The van der Waals surface area contributed by atoms with Crippen LogP contribution in [0.3, 0.4) is 0 Å². The van der Waals surface area contributed by atoms with Crippen LogP contribution in [0, 0.1) is 15.9 Å². The fourth-order valence-electron chi connectivity index (χ4n) is 1.10. The topological polar surface area (TPSA) is 90.7 Å². The van der Waals surface area contributed by atoms with E-state index in [2.05, 4.69) is 4.74 Å². The maximum Gasteiger partial charge on any atom is 0.277 e. The monoisotopic (exact) mass is 258 g/mol. The molecule has 0 heterocycles. The van der Waals surface area contributed by atoms with Gasteiger partial charge in [0, 0.05) is 13.2 Å². The summed E-state index contributed by atoms with van der Waals surface area (Å²) in [5.74, 6) is -1.81. The number of nitrogens with zero attached hydrogens (tertiary/aromatic N) is 1. The van der Waals surface area contributed by atoms with E-state index in [0.29, 0.717) is 6.07 Å². The zero-order valence-electron chi connectivity index (χ0n) is 9.51. The van der Waals surface area contributed by atoms with Gasteiger partial charge in [-0.25, -0.2) is 9.87 Å². The summed E-state index contributed by atoms with van der Waals surface area (Å²) in [7, 11) is 1.46. The molecule has 1 aromatic carbocycles. The first kappa shape index (κ1) is 14.0. The smallest absolute Gasteiger partial charge is 0.277 e. The summed E-state index contributed by atoms with van der Waals surface area (Å²) in [6.45, 7) is 0.375. The van der Waals surface area contributed by atoms with Gasteiger partial charge >= 0.3 is 0 Å². The van der Waals surface area contributed by atoms with E-state index in [0.717, 1.165) is 12.1 Å². The van der Waals surface area contributed by atoms with E-state index < -0.39 is 22.3 Å². The number of nitro benzene ring substituents is 1. The molecule has 1 N–H and O–H groups in total. The summed E-state index contributed by atoms with van der Waals surface area (Å²) >= 11 is 0. The van der Waals surface area contributed by atoms with Crippen LogP contribution in [0.15, 0.2) is 18.2 Å². The molecule has 98 valence electrons. The molecule has 1 aromatic rings.